The summed E-state index contributed by atoms with van der Waals surface area (Å²) in [6.45, 7) is 3.98. The highest BCUT2D eigenvalue weighted by Gasteiger charge is 2.25. The first kappa shape index (κ1) is 20.0. The lowest BCUT2D eigenvalue weighted by Crippen LogP contribution is -2.49. The molecular weight excluding hydrogens is 350 g/mol. The van der Waals surface area contributed by atoms with E-state index >= 15 is 0 Å². The quantitative estimate of drug-likeness (QED) is 0.691. The van der Waals surface area contributed by atoms with Crippen molar-refractivity contribution in [3.8, 4) is 0 Å². The molecule has 8 nitrogen and oxygen atoms in total. The number of hydrogen-bond donors (Lipinski definition) is 3. The summed E-state index contributed by atoms with van der Waals surface area (Å²) in [5.41, 5.74) is 1.43. The van der Waals surface area contributed by atoms with Gasteiger partial charge in [-0.1, -0.05) is 26.0 Å². The van der Waals surface area contributed by atoms with Crippen LogP contribution in [0.4, 0.5) is 10.5 Å². The molecule has 1 aromatic heterocycles. The number of methoxy groups -OCH3 is 1. The Morgan fingerprint density at radius 2 is 1.81 bits per heavy atom. The van der Waals surface area contributed by atoms with E-state index in [9.17, 15) is 14.4 Å². The summed E-state index contributed by atoms with van der Waals surface area (Å²) >= 11 is 0. The van der Waals surface area contributed by atoms with Gasteiger partial charge in [0, 0.05) is 12.2 Å². The lowest BCUT2D eigenvalue weighted by molar-refractivity contribution is -0.124. The number of rotatable bonds is 7. The van der Waals surface area contributed by atoms with E-state index in [0.29, 0.717) is 5.69 Å². The van der Waals surface area contributed by atoms with E-state index in [0.717, 1.165) is 5.56 Å². The number of anilines is 1. The second kappa shape index (κ2) is 9.42. The van der Waals surface area contributed by atoms with Crippen LogP contribution in [-0.2, 0) is 16.1 Å². The molecule has 8 heteroatoms. The van der Waals surface area contributed by atoms with Crippen molar-refractivity contribution in [3.63, 3.8) is 0 Å². The fraction of sp³-hybridized carbons (Fsp3) is 0.316. The van der Waals surface area contributed by atoms with Crippen molar-refractivity contribution in [3.05, 3.63) is 54.0 Å². The fourth-order valence-electron chi connectivity index (χ4n) is 2.33. The molecule has 1 aromatic carbocycles. The Hall–Kier alpha value is -3.29. The van der Waals surface area contributed by atoms with Crippen LogP contribution in [-0.4, -0.2) is 31.1 Å². The molecule has 144 valence electrons. The molecular formula is C19H23N3O5. The van der Waals surface area contributed by atoms with Crippen molar-refractivity contribution < 1.29 is 23.5 Å². The van der Waals surface area contributed by atoms with Gasteiger partial charge in [0.2, 0.25) is 5.91 Å². The van der Waals surface area contributed by atoms with Crippen molar-refractivity contribution in [1.29, 1.82) is 0 Å². The van der Waals surface area contributed by atoms with Crippen molar-refractivity contribution in [2.75, 3.05) is 12.4 Å². The second-order valence-corrected chi connectivity index (χ2v) is 6.20. The van der Waals surface area contributed by atoms with Gasteiger partial charge in [0.15, 0.2) is 5.76 Å². The average Bonchev–Trinajstić information content (AvgIpc) is 3.19. The van der Waals surface area contributed by atoms with Gasteiger partial charge in [0.25, 0.3) is 5.91 Å². The Kier molecular flexibility index (Phi) is 6.99. The molecule has 0 saturated heterocycles. The third-order valence-corrected chi connectivity index (χ3v) is 3.83. The molecule has 2 aromatic rings. The van der Waals surface area contributed by atoms with Crippen LogP contribution in [0.25, 0.3) is 0 Å². The number of benzene rings is 1. The Morgan fingerprint density at radius 1 is 1.11 bits per heavy atom. The van der Waals surface area contributed by atoms with E-state index in [1.54, 1.807) is 30.3 Å². The third kappa shape index (κ3) is 5.88. The number of carbonyl (C=O) groups is 3. The summed E-state index contributed by atoms with van der Waals surface area (Å²) in [7, 11) is 1.29. The Balaban J connectivity index is 1.91. The van der Waals surface area contributed by atoms with E-state index in [1.807, 2.05) is 13.8 Å². The predicted octanol–water partition coefficient (Wildman–Crippen LogP) is 2.53. The maximum Gasteiger partial charge on any atom is 0.411 e. The van der Waals surface area contributed by atoms with Crippen LogP contribution in [0.1, 0.15) is 30.0 Å². The molecule has 3 N–H and O–H groups in total. The van der Waals surface area contributed by atoms with Gasteiger partial charge < -0.3 is 19.8 Å². The number of carbonyl (C=O) groups excluding carboxylic acids is 3. The van der Waals surface area contributed by atoms with Crippen molar-refractivity contribution >= 4 is 23.6 Å². The first-order chi connectivity index (χ1) is 12.9. The minimum absolute atomic E-state index is 0.101. The molecule has 0 aliphatic carbocycles. The van der Waals surface area contributed by atoms with Gasteiger partial charge in [-0.05, 0) is 35.7 Å². The van der Waals surface area contributed by atoms with Gasteiger partial charge in [0.1, 0.15) is 6.04 Å². The number of amides is 3. The van der Waals surface area contributed by atoms with Crippen LogP contribution in [0, 0.1) is 5.92 Å². The van der Waals surface area contributed by atoms with E-state index in [4.69, 9.17) is 4.42 Å². The zero-order valence-corrected chi connectivity index (χ0v) is 15.4. The van der Waals surface area contributed by atoms with Gasteiger partial charge in [-0.15, -0.1) is 0 Å². The Labute approximate surface area is 157 Å². The molecule has 27 heavy (non-hydrogen) atoms. The molecule has 0 bridgehead atoms. The normalized spacial score (nSPS) is 11.6. The summed E-state index contributed by atoms with van der Waals surface area (Å²) < 4.78 is 9.57. The van der Waals surface area contributed by atoms with Crippen LogP contribution >= 0.6 is 0 Å². The highest BCUT2D eigenvalue weighted by Crippen LogP contribution is 2.11. The molecule has 1 atom stereocenters. The SMILES string of the molecule is COC(=O)Nc1ccc(CNC(=O)C(NC(=O)c2ccco2)C(C)C)cc1. The predicted molar refractivity (Wildman–Crippen MR) is 99.1 cm³/mol. The summed E-state index contributed by atoms with van der Waals surface area (Å²) in [5.74, 6) is -0.675. The fourth-order valence-corrected chi connectivity index (χ4v) is 2.33. The smallest absolute Gasteiger partial charge is 0.411 e. The largest absolute Gasteiger partial charge is 0.459 e. The second-order valence-electron chi connectivity index (χ2n) is 6.20. The highest BCUT2D eigenvalue weighted by atomic mass is 16.5. The summed E-state index contributed by atoms with van der Waals surface area (Å²) in [5, 5.41) is 8.04. The van der Waals surface area contributed by atoms with E-state index in [1.165, 1.54) is 19.4 Å². The van der Waals surface area contributed by atoms with Crippen LogP contribution < -0.4 is 16.0 Å². The van der Waals surface area contributed by atoms with Gasteiger partial charge >= 0.3 is 6.09 Å². The molecule has 0 fully saturated rings. The van der Waals surface area contributed by atoms with Crippen LogP contribution in [0.3, 0.4) is 0 Å². The lowest BCUT2D eigenvalue weighted by atomic mass is 10.0. The van der Waals surface area contributed by atoms with Gasteiger partial charge in [-0.3, -0.25) is 14.9 Å². The van der Waals surface area contributed by atoms with Gasteiger partial charge in [0.05, 0.1) is 13.4 Å². The zero-order chi connectivity index (χ0) is 19.8. The first-order valence-electron chi connectivity index (χ1n) is 8.46. The summed E-state index contributed by atoms with van der Waals surface area (Å²) in [4.78, 5) is 35.8. The average molecular weight is 373 g/mol. The zero-order valence-electron chi connectivity index (χ0n) is 15.4. The Morgan fingerprint density at radius 3 is 2.37 bits per heavy atom. The van der Waals surface area contributed by atoms with E-state index in [2.05, 4.69) is 20.7 Å². The van der Waals surface area contributed by atoms with Gasteiger partial charge in [-0.25, -0.2) is 4.79 Å². The van der Waals surface area contributed by atoms with Crippen molar-refractivity contribution in [2.45, 2.75) is 26.4 Å². The highest BCUT2D eigenvalue weighted by molar-refractivity contribution is 5.95. The van der Waals surface area contributed by atoms with Crippen molar-refractivity contribution in [2.24, 2.45) is 5.92 Å². The number of furan rings is 1. The Bertz CT molecular complexity index is 769. The summed E-state index contributed by atoms with van der Waals surface area (Å²) in [6, 6.07) is 9.41. The van der Waals surface area contributed by atoms with Crippen molar-refractivity contribution in [1.82, 2.24) is 10.6 Å². The van der Waals surface area contributed by atoms with E-state index in [-0.39, 0.29) is 24.1 Å². The maximum atomic E-state index is 12.5. The molecule has 1 heterocycles. The molecule has 2 rings (SSSR count). The minimum atomic E-state index is -0.692. The number of nitrogens with one attached hydrogen (secondary N) is 3. The molecule has 0 aliphatic rings. The molecule has 3 amide bonds. The lowest BCUT2D eigenvalue weighted by Gasteiger charge is -2.21. The van der Waals surface area contributed by atoms with Crippen LogP contribution in [0.2, 0.25) is 0 Å². The topological polar surface area (TPSA) is 110 Å². The maximum absolute atomic E-state index is 12.5. The molecule has 0 aliphatic heterocycles. The van der Waals surface area contributed by atoms with Crippen LogP contribution in [0.15, 0.2) is 47.1 Å². The molecule has 1 unspecified atom stereocenters. The molecule has 0 radical (unpaired) electrons. The molecule has 0 saturated carbocycles. The summed E-state index contributed by atoms with van der Waals surface area (Å²) in [6.07, 6.45) is 0.848. The van der Waals surface area contributed by atoms with Crippen LogP contribution in [0.5, 0.6) is 0 Å². The van der Waals surface area contributed by atoms with Gasteiger partial charge in [-0.2, -0.15) is 0 Å². The number of hydrogen-bond acceptors (Lipinski definition) is 5. The first-order valence-corrected chi connectivity index (χ1v) is 8.46. The standard InChI is InChI=1S/C19H23N3O5/c1-12(2)16(22-17(23)15-5-4-10-27-15)18(24)20-11-13-6-8-14(9-7-13)21-19(25)26-3/h4-10,12,16H,11H2,1-3H3,(H,20,24)(H,21,25)(H,22,23). The number of ether oxygens (including phenoxy) is 1. The molecule has 0 spiro atoms. The van der Waals surface area contributed by atoms with E-state index < -0.39 is 18.0 Å². The third-order valence-electron chi connectivity index (χ3n) is 3.83. The monoisotopic (exact) mass is 373 g/mol. The minimum Gasteiger partial charge on any atom is -0.459 e.